The molecular formula is C13H11N3O3. The quantitative estimate of drug-likeness (QED) is 0.873. The Morgan fingerprint density at radius 2 is 1.89 bits per heavy atom. The van der Waals surface area contributed by atoms with E-state index in [-0.39, 0.29) is 11.3 Å². The van der Waals surface area contributed by atoms with E-state index in [0.29, 0.717) is 5.82 Å². The molecule has 19 heavy (non-hydrogen) atoms. The molecule has 6 heteroatoms. The number of aromatic carboxylic acids is 1. The number of hydrogen-bond acceptors (Lipinski definition) is 4. The van der Waals surface area contributed by atoms with Crippen molar-refractivity contribution in [3.8, 4) is 0 Å². The zero-order valence-electron chi connectivity index (χ0n) is 10.1. The number of carbonyl (C=O) groups is 2. The maximum Gasteiger partial charge on any atom is 0.354 e. The SMILES string of the molecule is Cc1ccnc(NC(=O)c2ccnc(C(=O)O)c2)c1. The van der Waals surface area contributed by atoms with Gasteiger partial charge in [0, 0.05) is 18.0 Å². The van der Waals surface area contributed by atoms with Crippen LogP contribution in [0.3, 0.4) is 0 Å². The molecule has 0 spiro atoms. The van der Waals surface area contributed by atoms with Crippen molar-refractivity contribution in [2.45, 2.75) is 6.92 Å². The molecule has 2 aromatic rings. The molecular weight excluding hydrogens is 246 g/mol. The van der Waals surface area contributed by atoms with Crippen molar-refractivity contribution in [2.75, 3.05) is 5.32 Å². The minimum atomic E-state index is -1.18. The summed E-state index contributed by atoms with van der Waals surface area (Å²) in [5.41, 5.74) is 1.01. The fourth-order valence-electron chi connectivity index (χ4n) is 1.48. The molecule has 0 bridgehead atoms. The Balaban J connectivity index is 2.20. The standard InChI is InChI=1S/C13H11N3O3/c1-8-2-4-15-11(6-8)16-12(17)9-3-5-14-10(7-9)13(18)19/h2-7H,1H3,(H,18,19)(H,15,16,17). The van der Waals surface area contributed by atoms with E-state index in [0.717, 1.165) is 5.56 Å². The highest BCUT2D eigenvalue weighted by molar-refractivity contribution is 6.04. The van der Waals surface area contributed by atoms with Crippen LogP contribution in [0.15, 0.2) is 36.7 Å². The summed E-state index contributed by atoms with van der Waals surface area (Å²) in [7, 11) is 0. The third kappa shape index (κ3) is 3.12. The van der Waals surface area contributed by atoms with Crippen LogP contribution in [0.4, 0.5) is 5.82 Å². The molecule has 0 radical (unpaired) electrons. The van der Waals surface area contributed by atoms with E-state index in [9.17, 15) is 9.59 Å². The van der Waals surface area contributed by atoms with Gasteiger partial charge in [-0.05, 0) is 36.8 Å². The Labute approximate surface area is 109 Å². The number of carboxylic acid groups (broad SMARTS) is 1. The van der Waals surface area contributed by atoms with Gasteiger partial charge in [-0.2, -0.15) is 0 Å². The number of nitrogens with zero attached hydrogens (tertiary/aromatic N) is 2. The molecule has 96 valence electrons. The van der Waals surface area contributed by atoms with Gasteiger partial charge in [-0.15, -0.1) is 0 Å². The average Bonchev–Trinajstić information content (AvgIpc) is 2.39. The number of nitrogens with one attached hydrogen (secondary N) is 1. The monoisotopic (exact) mass is 257 g/mol. The third-order valence-corrected chi connectivity index (χ3v) is 2.40. The second-order valence-corrected chi connectivity index (χ2v) is 3.91. The summed E-state index contributed by atoms with van der Waals surface area (Å²) in [6.07, 6.45) is 2.86. The first-order valence-corrected chi connectivity index (χ1v) is 5.49. The number of aromatic nitrogens is 2. The lowest BCUT2D eigenvalue weighted by Crippen LogP contribution is -2.14. The van der Waals surface area contributed by atoms with Crippen molar-refractivity contribution >= 4 is 17.7 Å². The zero-order valence-corrected chi connectivity index (χ0v) is 10.1. The molecule has 0 aliphatic carbocycles. The largest absolute Gasteiger partial charge is 0.477 e. The van der Waals surface area contributed by atoms with E-state index in [1.165, 1.54) is 18.3 Å². The van der Waals surface area contributed by atoms with Gasteiger partial charge in [0.2, 0.25) is 0 Å². The topological polar surface area (TPSA) is 92.2 Å². The number of anilines is 1. The summed E-state index contributed by atoms with van der Waals surface area (Å²) in [6, 6.07) is 6.19. The maximum absolute atomic E-state index is 11.9. The van der Waals surface area contributed by atoms with Crippen molar-refractivity contribution in [3.05, 3.63) is 53.5 Å². The van der Waals surface area contributed by atoms with Crippen LogP contribution in [-0.2, 0) is 0 Å². The van der Waals surface area contributed by atoms with Crippen molar-refractivity contribution in [1.29, 1.82) is 0 Å². The van der Waals surface area contributed by atoms with Gasteiger partial charge in [0.15, 0.2) is 0 Å². The van der Waals surface area contributed by atoms with Gasteiger partial charge in [0.05, 0.1) is 0 Å². The van der Waals surface area contributed by atoms with Gasteiger partial charge in [-0.3, -0.25) is 4.79 Å². The van der Waals surface area contributed by atoms with E-state index in [1.54, 1.807) is 12.3 Å². The van der Waals surface area contributed by atoms with E-state index >= 15 is 0 Å². The summed E-state index contributed by atoms with van der Waals surface area (Å²) in [6.45, 7) is 1.88. The summed E-state index contributed by atoms with van der Waals surface area (Å²) in [5, 5.41) is 11.4. The van der Waals surface area contributed by atoms with Gasteiger partial charge in [0.25, 0.3) is 5.91 Å². The van der Waals surface area contributed by atoms with Crippen LogP contribution >= 0.6 is 0 Å². The highest BCUT2D eigenvalue weighted by atomic mass is 16.4. The van der Waals surface area contributed by atoms with Crippen LogP contribution in [0, 0.1) is 6.92 Å². The molecule has 0 saturated heterocycles. The molecule has 2 aromatic heterocycles. The van der Waals surface area contributed by atoms with E-state index in [4.69, 9.17) is 5.11 Å². The van der Waals surface area contributed by atoms with Gasteiger partial charge in [0.1, 0.15) is 11.5 Å². The van der Waals surface area contributed by atoms with Crippen LogP contribution in [-0.4, -0.2) is 27.0 Å². The van der Waals surface area contributed by atoms with Gasteiger partial charge >= 0.3 is 5.97 Å². The summed E-state index contributed by atoms with van der Waals surface area (Å²) < 4.78 is 0. The Hall–Kier alpha value is -2.76. The van der Waals surface area contributed by atoms with Gasteiger partial charge < -0.3 is 10.4 Å². The first kappa shape index (κ1) is 12.7. The molecule has 0 aliphatic heterocycles. The highest BCUT2D eigenvalue weighted by Crippen LogP contribution is 2.09. The van der Waals surface area contributed by atoms with Gasteiger partial charge in [-0.25, -0.2) is 14.8 Å². The summed E-state index contributed by atoms with van der Waals surface area (Å²) in [4.78, 5) is 30.3. The molecule has 0 saturated carbocycles. The summed E-state index contributed by atoms with van der Waals surface area (Å²) >= 11 is 0. The predicted molar refractivity (Wildman–Crippen MR) is 68.1 cm³/mol. The average molecular weight is 257 g/mol. The number of amides is 1. The van der Waals surface area contributed by atoms with Crippen LogP contribution in [0.25, 0.3) is 0 Å². The van der Waals surface area contributed by atoms with E-state index in [2.05, 4.69) is 15.3 Å². The lowest BCUT2D eigenvalue weighted by atomic mass is 10.2. The Morgan fingerprint density at radius 3 is 2.58 bits per heavy atom. The van der Waals surface area contributed by atoms with Crippen LogP contribution in [0.1, 0.15) is 26.4 Å². The van der Waals surface area contributed by atoms with Crippen LogP contribution in [0.2, 0.25) is 0 Å². The first-order valence-electron chi connectivity index (χ1n) is 5.49. The molecule has 0 atom stereocenters. The number of aryl methyl sites for hydroxylation is 1. The maximum atomic E-state index is 11.9. The molecule has 2 rings (SSSR count). The van der Waals surface area contributed by atoms with Crippen molar-refractivity contribution in [3.63, 3.8) is 0 Å². The molecule has 0 aliphatic rings. The fourth-order valence-corrected chi connectivity index (χ4v) is 1.48. The van der Waals surface area contributed by atoms with Crippen molar-refractivity contribution < 1.29 is 14.7 Å². The zero-order chi connectivity index (χ0) is 13.8. The Bertz CT molecular complexity index is 641. The molecule has 2 N–H and O–H groups in total. The fraction of sp³-hybridized carbons (Fsp3) is 0.0769. The number of rotatable bonds is 3. The van der Waals surface area contributed by atoms with E-state index in [1.807, 2.05) is 13.0 Å². The van der Waals surface area contributed by atoms with Crippen LogP contribution in [0.5, 0.6) is 0 Å². The highest BCUT2D eigenvalue weighted by Gasteiger charge is 2.11. The number of pyridine rings is 2. The number of carboxylic acids is 1. The second-order valence-electron chi connectivity index (χ2n) is 3.91. The summed E-state index contributed by atoms with van der Waals surface area (Å²) in [5.74, 6) is -1.19. The molecule has 6 nitrogen and oxygen atoms in total. The molecule has 0 aromatic carbocycles. The molecule has 0 fully saturated rings. The smallest absolute Gasteiger partial charge is 0.354 e. The minimum absolute atomic E-state index is 0.176. The normalized spacial score (nSPS) is 9.95. The Morgan fingerprint density at radius 1 is 1.16 bits per heavy atom. The van der Waals surface area contributed by atoms with Crippen molar-refractivity contribution in [2.24, 2.45) is 0 Å². The lowest BCUT2D eigenvalue weighted by Gasteiger charge is -2.05. The van der Waals surface area contributed by atoms with Crippen molar-refractivity contribution in [1.82, 2.24) is 9.97 Å². The molecule has 0 unspecified atom stereocenters. The van der Waals surface area contributed by atoms with Gasteiger partial charge in [-0.1, -0.05) is 0 Å². The number of carbonyl (C=O) groups excluding carboxylic acids is 1. The second kappa shape index (κ2) is 5.26. The first-order chi connectivity index (χ1) is 9.06. The molecule has 2 heterocycles. The van der Waals surface area contributed by atoms with E-state index < -0.39 is 11.9 Å². The number of hydrogen-bond donors (Lipinski definition) is 2. The third-order valence-electron chi connectivity index (χ3n) is 2.40. The predicted octanol–water partition coefficient (Wildman–Crippen LogP) is 1.74. The minimum Gasteiger partial charge on any atom is -0.477 e. The lowest BCUT2D eigenvalue weighted by molar-refractivity contribution is 0.0690. The molecule has 1 amide bonds. The van der Waals surface area contributed by atoms with Crippen LogP contribution < -0.4 is 5.32 Å². The Kier molecular flexibility index (Phi) is 3.51.